The molecule has 1 unspecified atom stereocenters. The van der Waals surface area contributed by atoms with Crippen molar-refractivity contribution in [3.63, 3.8) is 0 Å². The van der Waals surface area contributed by atoms with Crippen molar-refractivity contribution in [1.82, 2.24) is 20.3 Å². The van der Waals surface area contributed by atoms with E-state index in [-0.39, 0.29) is 11.9 Å². The first-order valence-electron chi connectivity index (χ1n) is 7.59. The van der Waals surface area contributed by atoms with E-state index in [9.17, 15) is 4.39 Å². The van der Waals surface area contributed by atoms with Crippen LogP contribution in [0, 0.1) is 5.82 Å². The Kier molecular flexibility index (Phi) is 3.70. The van der Waals surface area contributed by atoms with E-state index < -0.39 is 0 Å². The molecule has 24 heavy (non-hydrogen) atoms. The van der Waals surface area contributed by atoms with Crippen molar-refractivity contribution in [2.75, 3.05) is 6.54 Å². The van der Waals surface area contributed by atoms with Crippen molar-refractivity contribution >= 4 is 5.84 Å². The van der Waals surface area contributed by atoms with Crippen molar-refractivity contribution in [3.05, 3.63) is 78.1 Å². The third-order valence-electron chi connectivity index (χ3n) is 3.83. The molecule has 0 aliphatic carbocycles. The van der Waals surface area contributed by atoms with Crippen LogP contribution in [-0.4, -0.2) is 27.3 Å². The fourth-order valence-corrected chi connectivity index (χ4v) is 2.60. The van der Waals surface area contributed by atoms with Gasteiger partial charge in [0, 0.05) is 41.5 Å². The molecule has 4 rings (SSSR count). The van der Waals surface area contributed by atoms with Crippen LogP contribution in [0.3, 0.4) is 0 Å². The quantitative estimate of drug-likeness (QED) is 0.806. The largest absolute Gasteiger partial charge is 0.361 e. The molecule has 5 nitrogen and oxygen atoms in total. The van der Waals surface area contributed by atoms with Gasteiger partial charge in [-0.25, -0.2) is 14.4 Å². The Morgan fingerprint density at radius 3 is 2.58 bits per heavy atom. The smallest absolute Gasteiger partial charge is 0.159 e. The molecule has 6 heteroatoms. The lowest BCUT2D eigenvalue weighted by Crippen LogP contribution is -2.24. The van der Waals surface area contributed by atoms with Crippen molar-refractivity contribution in [2.45, 2.75) is 6.04 Å². The van der Waals surface area contributed by atoms with Crippen LogP contribution in [0.5, 0.6) is 0 Å². The number of nitrogens with one attached hydrogen (secondary N) is 1. The second-order valence-corrected chi connectivity index (χ2v) is 5.48. The molecule has 118 valence electrons. The number of pyridine rings is 1. The standard InChI is InChI=1S/C18H14FN5/c19-15-5-1-3-12(7-15)17-21-9-14(10-22-17)16-11-23-18(24-16)13-4-2-6-20-8-13/h1-10,16H,11H2,(H,23,24). The first-order valence-corrected chi connectivity index (χ1v) is 7.59. The van der Waals surface area contributed by atoms with Crippen molar-refractivity contribution in [1.29, 1.82) is 0 Å². The van der Waals surface area contributed by atoms with E-state index in [0.717, 1.165) is 17.0 Å². The molecule has 0 amide bonds. The maximum atomic E-state index is 13.3. The molecule has 3 heterocycles. The molecule has 3 aromatic rings. The highest BCUT2D eigenvalue weighted by molar-refractivity contribution is 5.99. The lowest BCUT2D eigenvalue weighted by Gasteiger charge is -2.12. The minimum atomic E-state index is -0.299. The van der Waals surface area contributed by atoms with Crippen molar-refractivity contribution < 1.29 is 4.39 Å². The first kappa shape index (κ1) is 14.4. The number of halogens is 1. The van der Waals surface area contributed by atoms with Crippen molar-refractivity contribution in [3.8, 4) is 11.4 Å². The summed E-state index contributed by atoms with van der Waals surface area (Å²) in [6, 6.07) is 10.1. The lowest BCUT2D eigenvalue weighted by atomic mass is 10.1. The molecule has 0 saturated heterocycles. The molecular formula is C18H14FN5. The first-order chi connectivity index (χ1) is 11.8. The van der Waals surface area contributed by atoms with Crippen LogP contribution in [0.25, 0.3) is 11.4 Å². The van der Waals surface area contributed by atoms with Gasteiger partial charge >= 0.3 is 0 Å². The number of aliphatic imine (C=N–C) groups is 1. The summed E-state index contributed by atoms with van der Waals surface area (Å²) in [6.07, 6.45) is 7.02. The maximum Gasteiger partial charge on any atom is 0.159 e. The Morgan fingerprint density at radius 2 is 1.83 bits per heavy atom. The summed E-state index contributed by atoms with van der Waals surface area (Å²) in [4.78, 5) is 17.3. The summed E-state index contributed by atoms with van der Waals surface area (Å²) in [6.45, 7) is 0.618. The van der Waals surface area contributed by atoms with E-state index >= 15 is 0 Å². The minimum absolute atomic E-state index is 0.0294. The summed E-state index contributed by atoms with van der Waals surface area (Å²) >= 11 is 0. The highest BCUT2D eigenvalue weighted by Crippen LogP contribution is 2.20. The third-order valence-corrected chi connectivity index (χ3v) is 3.83. The Balaban J connectivity index is 1.51. The number of nitrogens with zero attached hydrogens (tertiary/aromatic N) is 4. The molecule has 0 bridgehead atoms. The summed E-state index contributed by atoms with van der Waals surface area (Å²) in [5.41, 5.74) is 2.56. The predicted molar refractivity (Wildman–Crippen MR) is 88.9 cm³/mol. The number of rotatable bonds is 3. The molecule has 1 aliphatic heterocycles. The van der Waals surface area contributed by atoms with Crippen LogP contribution in [0.2, 0.25) is 0 Å². The maximum absolute atomic E-state index is 13.3. The van der Waals surface area contributed by atoms with Crippen LogP contribution >= 0.6 is 0 Å². The second-order valence-electron chi connectivity index (χ2n) is 5.48. The van der Waals surface area contributed by atoms with E-state index in [0.29, 0.717) is 17.9 Å². The van der Waals surface area contributed by atoms with E-state index in [1.807, 2.05) is 12.1 Å². The Bertz CT molecular complexity index is 877. The van der Waals surface area contributed by atoms with Gasteiger partial charge in [0.25, 0.3) is 0 Å². The molecule has 1 atom stereocenters. The number of aromatic nitrogens is 3. The number of hydrogen-bond acceptors (Lipinski definition) is 5. The molecule has 1 aliphatic rings. The Hall–Kier alpha value is -3.15. The summed E-state index contributed by atoms with van der Waals surface area (Å²) in [5.74, 6) is 1.03. The van der Waals surface area contributed by atoms with Crippen LogP contribution < -0.4 is 5.32 Å². The molecular weight excluding hydrogens is 305 g/mol. The van der Waals surface area contributed by atoms with Gasteiger partial charge in [0.05, 0.1) is 12.6 Å². The monoisotopic (exact) mass is 319 g/mol. The lowest BCUT2D eigenvalue weighted by molar-refractivity contribution is 0.628. The molecule has 0 saturated carbocycles. The van der Waals surface area contributed by atoms with E-state index in [2.05, 4.69) is 25.3 Å². The number of hydrogen-bond donors (Lipinski definition) is 1. The van der Waals surface area contributed by atoms with Gasteiger partial charge in [0.15, 0.2) is 5.82 Å². The van der Waals surface area contributed by atoms with Crippen LogP contribution in [0.1, 0.15) is 17.2 Å². The van der Waals surface area contributed by atoms with Crippen molar-refractivity contribution in [2.24, 2.45) is 4.99 Å². The van der Waals surface area contributed by atoms with Gasteiger partial charge in [-0.2, -0.15) is 0 Å². The van der Waals surface area contributed by atoms with Gasteiger partial charge in [-0.15, -0.1) is 0 Å². The normalized spacial score (nSPS) is 16.5. The third kappa shape index (κ3) is 2.86. The zero-order valence-corrected chi connectivity index (χ0v) is 12.7. The predicted octanol–water partition coefficient (Wildman–Crippen LogP) is 2.77. The molecule has 1 aromatic carbocycles. The average Bonchev–Trinajstić information content (AvgIpc) is 3.13. The molecule has 0 spiro atoms. The number of amidine groups is 1. The van der Waals surface area contributed by atoms with Gasteiger partial charge < -0.3 is 5.32 Å². The van der Waals surface area contributed by atoms with E-state index in [1.165, 1.54) is 12.1 Å². The molecule has 1 N–H and O–H groups in total. The number of benzene rings is 1. The highest BCUT2D eigenvalue weighted by atomic mass is 19.1. The van der Waals surface area contributed by atoms with E-state index in [1.54, 1.807) is 36.9 Å². The topological polar surface area (TPSA) is 63.1 Å². The van der Waals surface area contributed by atoms with Gasteiger partial charge in [-0.1, -0.05) is 12.1 Å². The van der Waals surface area contributed by atoms with Crippen LogP contribution in [0.15, 0.2) is 66.2 Å². The molecule has 2 aromatic heterocycles. The fourth-order valence-electron chi connectivity index (χ4n) is 2.60. The second kappa shape index (κ2) is 6.16. The summed E-state index contributed by atoms with van der Waals surface area (Å²) < 4.78 is 13.3. The average molecular weight is 319 g/mol. The molecule has 0 radical (unpaired) electrons. The zero-order valence-electron chi connectivity index (χ0n) is 12.7. The van der Waals surface area contributed by atoms with Gasteiger partial charge in [-0.05, 0) is 24.3 Å². The highest BCUT2D eigenvalue weighted by Gasteiger charge is 2.21. The SMILES string of the molecule is Fc1cccc(-c2ncc(C3CN=C(c4cccnc4)N3)cn2)c1. The molecule has 0 fully saturated rings. The summed E-state index contributed by atoms with van der Waals surface area (Å²) in [5, 5.41) is 3.36. The fraction of sp³-hybridized carbons (Fsp3) is 0.111. The van der Waals surface area contributed by atoms with Gasteiger partial charge in [0.2, 0.25) is 0 Å². The van der Waals surface area contributed by atoms with Crippen LogP contribution in [-0.2, 0) is 0 Å². The Labute approximate surface area is 138 Å². The minimum Gasteiger partial charge on any atom is -0.361 e. The summed E-state index contributed by atoms with van der Waals surface area (Å²) in [7, 11) is 0. The van der Waals surface area contributed by atoms with Gasteiger partial charge in [-0.3, -0.25) is 9.98 Å². The van der Waals surface area contributed by atoms with Crippen LogP contribution in [0.4, 0.5) is 4.39 Å². The Morgan fingerprint density at radius 1 is 1.00 bits per heavy atom. The van der Waals surface area contributed by atoms with Gasteiger partial charge in [0.1, 0.15) is 11.7 Å². The van der Waals surface area contributed by atoms with E-state index in [4.69, 9.17) is 0 Å². The zero-order chi connectivity index (χ0) is 16.4.